The number of benzene rings is 1. The van der Waals surface area contributed by atoms with Crippen LogP contribution in [0.2, 0.25) is 0 Å². The summed E-state index contributed by atoms with van der Waals surface area (Å²) in [6, 6.07) is 4.08. The summed E-state index contributed by atoms with van der Waals surface area (Å²) in [5.74, 6) is 0.632. The van der Waals surface area contributed by atoms with Crippen LogP contribution in [0.25, 0.3) is 0 Å². The molecule has 0 unspecified atom stereocenters. The third-order valence-electron chi connectivity index (χ3n) is 4.01. The highest BCUT2D eigenvalue weighted by atomic mass is 16.4. The first-order valence-electron chi connectivity index (χ1n) is 9.05. The van der Waals surface area contributed by atoms with Crippen LogP contribution in [0.3, 0.4) is 0 Å². The Morgan fingerprint density at radius 2 is 1.76 bits per heavy atom. The molecule has 0 aliphatic carbocycles. The first-order chi connectivity index (χ1) is 13.9. The molecule has 152 valence electrons. The number of carbonyl (C=O) groups is 1. The fraction of sp³-hybridized carbons (Fsp3) is 0.316. The van der Waals surface area contributed by atoms with Gasteiger partial charge in [0.25, 0.3) is 5.91 Å². The Bertz CT molecular complexity index is 1010. The molecule has 3 rings (SSSR count). The number of nitrogens with zero attached hydrogens (tertiary/aromatic N) is 4. The molecule has 0 radical (unpaired) electrons. The van der Waals surface area contributed by atoms with Crippen LogP contribution in [0.4, 0.5) is 23.6 Å². The van der Waals surface area contributed by atoms with Crippen LogP contribution in [0.5, 0.6) is 0 Å². The molecule has 2 heterocycles. The van der Waals surface area contributed by atoms with E-state index in [1.165, 1.54) is 6.20 Å². The van der Waals surface area contributed by atoms with Crippen molar-refractivity contribution < 1.29 is 14.3 Å². The minimum atomic E-state index is -0.405. The molecular formula is C19H23N7O3. The smallest absolute Gasteiger partial charge is 0.302 e. The number of anilines is 4. The van der Waals surface area contributed by atoms with Crippen molar-refractivity contribution in [1.82, 2.24) is 19.9 Å². The largest absolute Gasteiger partial charge is 0.418 e. The SMILES string of the molecule is Cc1cc(C)c(NC(=O)c2cnc(Nc3nc(C)nc(NCCO)n3)o2)c(C)c1. The Hall–Kier alpha value is -3.53. The molecule has 4 N–H and O–H groups in total. The molecule has 0 spiro atoms. The molecule has 0 bridgehead atoms. The number of oxazole rings is 1. The summed E-state index contributed by atoms with van der Waals surface area (Å²) in [4.78, 5) is 29.0. The van der Waals surface area contributed by atoms with E-state index >= 15 is 0 Å². The second-order valence-electron chi connectivity index (χ2n) is 6.56. The predicted octanol–water partition coefficient (Wildman–Crippen LogP) is 2.49. The normalized spacial score (nSPS) is 10.7. The second kappa shape index (κ2) is 8.65. The molecule has 10 nitrogen and oxygen atoms in total. The van der Waals surface area contributed by atoms with Crippen molar-refractivity contribution in [2.24, 2.45) is 0 Å². The van der Waals surface area contributed by atoms with E-state index in [0.29, 0.717) is 18.3 Å². The number of rotatable bonds is 7. The molecule has 0 saturated heterocycles. The molecular weight excluding hydrogens is 374 g/mol. The van der Waals surface area contributed by atoms with Crippen LogP contribution in [0.1, 0.15) is 33.1 Å². The number of nitrogens with one attached hydrogen (secondary N) is 3. The lowest BCUT2D eigenvalue weighted by Crippen LogP contribution is -2.13. The van der Waals surface area contributed by atoms with E-state index in [2.05, 4.69) is 35.9 Å². The Kier molecular flexibility index (Phi) is 6.03. The van der Waals surface area contributed by atoms with Gasteiger partial charge in [0.1, 0.15) is 5.82 Å². The van der Waals surface area contributed by atoms with Gasteiger partial charge in [-0.3, -0.25) is 10.1 Å². The molecule has 10 heteroatoms. The first kappa shape index (κ1) is 20.2. The van der Waals surface area contributed by atoms with Gasteiger partial charge in [-0.1, -0.05) is 17.7 Å². The Morgan fingerprint density at radius 1 is 1.07 bits per heavy atom. The van der Waals surface area contributed by atoms with E-state index in [1.807, 2.05) is 32.9 Å². The summed E-state index contributed by atoms with van der Waals surface area (Å²) in [7, 11) is 0. The van der Waals surface area contributed by atoms with Crippen LogP contribution in [-0.2, 0) is 0 Å². The van der Waals surface area contributed by atoms with Gasteiger partial charge in [0, 0.05) is 12.2 Å². The number of aryl methyl sites for hydroxylation is 4. The lowest BCUT2D eigenvalue weighted by Gasteiger charge is -2.11. The standard InChI is InChI=1S/C19H23N7O3/c1-10-7-11(2)15(12(3)8-10)24-16(28)14-9-21-19(29-14)26-18-23-13(4)22-17(25-18)20-5-6-27/h7-9,27H,5-6H2,1-4H3,(H,24,28)(H2,20,21,22,23,25,26). The van der Waals surface area contributed by atoms with Gasteiger partial charge in [-0.15, -0.1) is 0 Å². The van der Waals surface area contributed by atoms with E-state index in [1.54, 1.807) is 6.92 Å². The summed E-state index contributed by atoms with van der Waals surface area (Å²) in [6.45, 7) is 7.85. The Labute approximate surface area is 167 Å². The average molecular weight is 397 g/mol. The fourth-order valence-electron chi connectivity index (χ4n) is 2.87. The van der Waals surface area contributed by atoms with Crippen LogP contribution in [0, 0.1) is 27.7 Å². The third-order valence-corrected chi connectivity index (χ3v) is 4.01. The third kappa shape index (κ3) is 5.05. The van der Waals surface area contributed by atoms with Crippen molar-refractivity contribution in [3.63, 3.8) is 0 Å². The summed E-state index contributed by atoms with van der Waals surface area (Å²) >= 11 is 0. The lowest BCUT2D eigenvalue weighted by atomic mass is 10.1. The van der Waals surface area contributed by atoms with Crippen molar-refractivity contribution >= 4 is 29.5 Å². The highest BCUT2D eigenvalue weighted by Crippen LogP contribution is 2.23. The Morgan fingerprint density at radius 3 is 2.45 bits per heavy atom. The topological polar surface area (TPSA) is 138 Å². The molecule has 0 aliphatic rings. The van der Waals surface area contributed by atoms with E-state index in [0.717, 1.165) is 22.4 Å². The van der Waals surface area contributed by atoms with Gasteiger partial charge in [-0.05, 0) is 38.8 Å². The van der Waals surface area contributed by atoms with Crippen LogP contribution < -0.4 is 16.0 Å². The number of aliphatic hydroxyl groups is 1. The molecule has 29 heavy (non-hydrogen) atoms. The molecule has 0 atom stereocenters. The number of aliphatic hydroxyl groups excluding tert-OH is 1. The summed E-state index contributed by atoms with van der Waals surface area (Å²) < 4.78 is 5.49. The zero-order valence-electron chi connectivity index (χ0n) is 16.7. The monoisotopic (exact) mass is 397 g/mol. The van der Waals surface area contributed by atoms with E-state index in [4.69, 9.17) is 9.52 Å². The van der Waals surface area contributed by atoms with Crippen molar-refractivity contribution in [2.75, 3.05) is 29.1 Å². The van der Waals surface area contributed by atoms with Gasteiger partial charge < -0.3 is 20.2 Å². The zero-order valence-corrected chi connectivity index (χ0v) is 16.7. The highest BCUT2D eigenvalue weighted by molar-refractivity contribution is 6.03. The van der Waals surface area contributed by atoms with Crippen LogP contribution >= 0.6 is 0 Å². The van der Waals surface area contributed by atoms with Crippen LogP contribution in [-0.4, -0.2) is 44.1 Å². The highest BCUT2D eigenvalue weighted by Gasteiger charge is 2.16. The van der Waals surface area contributed by atoms with Crippen molar-refractivity contribution in [2.45, 2.75) is 27.7 Å². The van der Waals surface area contributed by atoms with Gasteiger partial charge in [-0.25, -0.2) is 4.98 Å². The maximum Gasteiger partial charge on any atom is 0.302 e. The summed E-state index contributed by atoms with van der Waals surface area (Å²) in [6.07, 6.45) is 1.33. The van der Waals surface area contributed by atoms with Gasteiger partial charge in [0.2, 0.25) is 17.7 Å². The Balaban J connectivity index is 1.73. The molecule has 2 aromatic heterocycles. The maximum atomic E-state index is 12.5. The number of aromatic nitrogens is 4. The van der Waals surface area contributed by atoms with Crippen molar-refractivity contribution in [3.8, 4) is 0 Å². The predicted molar refractivity (Wildman–Crippen MR) is 109 cm³/mol. The van der Waals surface area contributed by atoms with E-state index in [-0.39, 0.29) is 24.3 Å². The van der Waals surface area contributed by atoms with E-state index < -0.39 is 5.91 Å². The molecule has 3 aromatic rings. The lowest BCUT2D eigenvalue weighted by molar-refractivity contribution is 0.0997. The van der Waals surface area contributed by atoms with Gasteiger partial charge in [0.05, 0.1) is 12.8 Å². The van der Waals surface area contributed by atoms with Crippen LogP contribution in [0.15, 0.2) is 22.7 Å². The van der Waals surface area contributed by atoms with Crippen molar-refractivity contribution in [3.05, 3.63) is 46.6 Å². The summed E-state index contributed by atoms with van der Waals surface area (Å²) in [5.41, 5.74) is 3.82. The molecule has 0 aliphatic heterocycles. The number of carbonyl (C=O) groups excluding carboxylic acids is 1. The zero-order chi connectivity index (χ0) is 21.0. The van der Waals surface area contributed by atoms with Gasteiger partial charge in [0.15, 0.2) is 0 Å². The average Bonchev–Trinajstić information content (AvgIpc) is 3.11. The van der Waals surface area contributed by atoms with E-state index in [9.17, 15) is 4.79 Å². The maximum absolute atomic E-state index is 12.5. The fourth-order valence-corrected chi connectivity index (χ4v) is 2.87. The van der Waals surface area contributed by atoms with Gasteiger partial charge in [-0.2, -0.15) is 15.0 Å². The number of amides is 1. The molecule has 1 aromatic carbocycles. The minimum absolute atomic E-state index is 0.0500. The first-order valence-corrected chi connectivity index (χ1v) is 9.05. The molecule has 0 saturated carbocycles. The summed E-state index contributed by atoms with van der Waals surface area (Å²) in [5, 5.41) is 17.4. The number of hydrogen-bond donors (Lipinski definition) is 4. The molecule has 1 amide bonds. The van der Waals surface area contributed by atoms with Crippen molar-refractivity contribution in [1.29, 1.82) is 0 Å². The number of hydrogen-bond acceptors (Lipinski definition) is 9. The molecule has 0 fully saturated rings. The quantitative estimate of drug-likeness (QED) is 0.473. The second-order valence-corrected chi connectivity index (χ2v) is 6.56. The minimum Gasteiger partial charge on any atom is -0.418 e. The van der Waals surface area contributed by atoms with Gasteiger partial charge >= 0.3 is 6.01 Å².